The van der Waals surface area contributed by atoms with Gasteiger partial charge in [-0.15, -0.1) is 0 Å². The van der Waals surface area contributed by atoms with Crippen molar-refractivity contribution in [1.82, 2.24) is 9.55 Å². The standard InChI is InChI=1S/C15H20N2O3/c1-9(2)14-16-12-7-11(15(18)19)5-6-13(12)17(14)10(3)8-20-4/h5-7,9-10H,8H2,1-4H3,(H,18,19). The second-order valence-corrected chi connectivity index (χ2v) is 5.31. The molecule has 5 heteroatoms. The lowest BCUT2D eigenvalue weighted by Crippen LogP contribution is -2.15. The van der Waals surface area contributed by atoms with E-state index in [1.54, 1.807) is 19.2 Å². The molecule has 0 fully saturated rings. The van der Waals surface area contributed by atoms with Crippen LogP contribution in [0.4, 0.5) is 0 Å². The molecule has 2 aromatic rings. The number of carboxylic acid groups (broad SMARTS) is 1. The zero-order valence-electron chi connectivity index (χ0n) is 12.3. The summed E-state index contributed by atoms with van der Waals surface area (Å²) in [4.78, 5) is 15.7. The number of nitrogens with zero attached hydrogens (tertiary/aromatic N) is 2. The fourth-order valence-electron chi connectivity index (χ4n) is 2.44. The van der Waals surface area contributed by atoms with Gasteiger partial charge in [0, 0.05) is 13.0 Å². The van der Waals surface area contributed by atoms with Crippen LogP contribution in [0.3, 0.4) is 0 Å². The summed E-state index contributed by atoms with van der Waals surface area (Å²) in [6.07, 6.45) is 0. The number of benzene rings is 1. The van der Waals surface area contributed by atoms with Gasteiger partial charge < -0.3 is 14.4 Å². The maximum atomic E-state index is 11.1. The molecule has 0 spiro atoms. The average molecular weight is 276 g/mol. The SMILES string of the molecule is COCC(C)n1c(C(C)C)nc2cc(C(=O)O)ccc21. The first-order chi connectivity index (χ1) is 9.45. The van der Waals surface area contributed by atoms with Gasteiger partial charge in [-0.2, -0.15) is 0 Å². The topological polar surface area (TPSA) is 64.4 Å². The van der Waals surface area contributed by atoms with E-state index in [4.69, 9.17) is 9.84 Å². The molecule has 0 aliphatic rings. The summed E-state index contributed by atoms with van der Waals surface area (Å²) in [5.74, 6) is 0.277. The molecule has 1 aromatic heterocycles. The van der Waals surface area contributed by atoms with Gasteiger partial charge in [0.25, 0.3) is 0 Å². The second-order valence-electron chi connectivity index (χ2n) is 5.31. The number of carbonyl (C=O) groups is 1. The van der Waals surface area contributed by atoms with Gasteiger partial charge >= 0.3 is 5.97 Å². The van der Waals surface area contributed by atoms with Crippen LogP contribution >= 0.6 is 0 Å². The van der Waals surface area contributed by atoms with Gasteiger partial charge in [-0.05, 0) is 25.1 Å². The maximum Gasteiger partial charge on any atom is 0.335 e. The van der Waals surface area contributed by atoms with E-state index in [-0.39, 0.29) is 17.5 Å². The Kier molecular flexibility index (Phi) is 4.09. The third kappa shape index (κ3) is 2.54. The Morgan fingerprint density at radius 2 is 2.10 bits per heavy atom. The minimum atomic E-state index is -0.933. The maximum absolute atomic E-state index is 11.1. The van der Waals surface area contributed by atoms with E-state index in [1.165, 1.54) is 0 Å². The van der Waals surface area contributed by atoms with Crippen LogP contribution in [-0.2, 0) is 4.74 Å². The predicted molar refractivity (Wildman–Crippen MR) is 77.4 cm³/mol. The van der Waals surface area contributed by atoms with Crippen molar-refractivity contribution in [2.75, 3.05) is 13.7 Å². The van der Waals surface area contributed by atoms with E-state index in [9.17, 15) is 4.79 Å². The molecule has 2 rings (SSSR count). The van der Waals surface area contributed by atoms with Crippen molar-refractivity contribution in [3.63, 3.8) is 0 Å². The molecule has 5 nitrogen and oxygen atoms in total. The third-order valence-electron chi connectivity index (χ3n) is 3.33. The minimum absolute atomic E-state index is 0.151. The highest BCUT2D eigenvalue weighted by atomic mass is 16.5. The molecule has 20 heavy (non-hydrogen) atoms. The quantitative estimate of drug-likeness (QED) is 0.911. The van der Waals surface area contributed by atoms with Gasteiger partial charge in [0.15, 0.2) is 0 Å². The Morgan fingerprint density at radius 3 is 2.65 bits per heavy atom. The van der Waals surface area contributed by atoms with E-state index in [2.05, 4.69) is 30.3 Å². The Bertz CT molecular complexity index is 631. The Hall–Kier alpha value is -1.88. The first kappa shape index (κ1) is 14.5. The van der Waals surface area contributed by atoms with Crippen LogP contribution < -0.4 is 0 Å². The number of hydrogen-bond acceptors (Lipinski definition) is 3. The highest BCUT2D eigenvalue weighted by Crippen LogP contribution is 2.26. The Balaban J connectivity index is 2.63. The number of methoxy groups -OCH3 is 1. The molecule has 1 heterocycles. The van der Waals surface area contributed by atoms with Crippen LogP contribution in [0.25, 0.3) is 11.0 Å². The number of fused-ring (bicyclic) bond motifs is 1. The molecule has 1 N–H and O–H groups in total. The molecule has 1 aromatic carbocycles. The molecular weight excluding hydrogens is 256 g/mol. The van der Waals surface area contributed by atoms with Crippen LogP contribution in [0.5, 0.6) is 0 Å². The van der Waals surface area contributed by atoms with Gasteiger partial charge in [0.1, 0.15) is 5.82 Å². The fourth-order valence-corrected chi connectivity index (χ4v) is 2.44. The molecule has 1 unspecified atom stereocenters. The van der Waals surface area contributed by atoms with Gasteiger partial charge in [0.05, 0.1) is 29.2 Å². The van der Waals surface area contributed by atoms with Crippen LogP contribution in [0, 0.1) is 0 Å². The van der Waals surface area contributed by atoms with Crippen molar-refractivity contribution in [3.8, 4) is 0 Å². The van der Waals surface area contributed by atoms with Crippen molar-refractivity contribution < 1.29 is 14.6 Å². The zero-order valence-corrected chi connectivity index (χ0v) is 12.3. The molecule has 0 aliphatic heterocycles. The summed E-state index contributed by atoms with van der Waals surface area (Å²) in [5.41, 5.74) is 1.93. The number of ether oxygens (including phenoxy) is 1. The first-order valence-electron chi connectivity index (χ1n) is 6.69. The van der Waals surface area contributed by atoms with E-state index in [0.29, 0.717) is 6.61 Å². The van der Waals surface area contributed by atoms with Crippen LogP contribution in [0.15, 0.2) is 18.2 Å². The summed E-state index contributed by atoms with van der Waals surface area (Å²) in [7, 11) is 1.67. The zero-order chi connectivity index (χ0) is 14.9. The number of aromatic carboxylic acids is 1. The van der Waals surface area contributed by atoms with Crippen molar-refractivity contribution in [1.29, 1.82) is 0 Å². The largest absolute Gasteiger partial charge is 0.478 e. The number of hydrogen-bond donors (Lipinski definition) is 1. The van der Waals surface area contributed by atoms with E-state index < -0.39 is 5.97 Å². The molecular formula is C15H20N2O3. The van der Waals surface area contributed by atoms with Gasteiger partial charge in [0.2, 0.25) is 0 Å². The lowest BCUT2D eigenvalue weighted by molar-refractivity contribution is 0.0697. The van der Waals surface area contributed by atoms with Gasteiger partial charge in [-0.25, -0.2) is 9.78 Å². The minimum Gasteiger partial charge on any atom is -0.478 e. The van der Waals surface area contributed by atoms with Crippen LogP contribution in [-0.4, -0.2) is 34.3 Å². The van der Waals surface area contributed by atoms with E-state index in [0.717, 1.165) is 16.9 Å². The van der Waals surface area contributed by atoms with Crippen LogP contribution in [0.2, 0.25) is 0 Å². The lowest BCUT2D eigenvalue weighted by atomic mass is 10.2. The highest BCUT2D eigenvalue weighted by Gasteiger charge is 2.19. The molecule has 1 atom stereocenters. The lowest BCUT2D eigenvalue weighted by Gasteiger charge is -2.18. The Morgan fingerprint density at radius 1 is 1.40 bits per heavy atom. The average Bonchev–Trinajstić information content (AvgIpc) is 2.77. The molecule has 0 bridgehead atoms. The first-order valence-corrected chi connectivity index (χ1v) is 6.69. The van der Waals surface area contributed by atoms with Crippen LogP contribution in [0.1, 0.15) is 48.9 Å². The fraction of sp³-hybridized carbons (Fsp3) is 0.467. The number of carboxylic acids is 1. The summed E-state index contributed by atoms with van der Waals surface area (Å²) in [6, 6.07) is 5.22. The summed E-state index contributed by atoms with van der Waals surface area (Å²) >= 11 is 0. The third-order valence-corrected chi connectivity index (χ3v) is 3.33. The predicted octanol–water partition coefficient (Wildman–Crippen LogP) is 3.07. The van der Waals surface area contributed by atoms with E-state index >= 15 is 0 Å². The normalized spacial score (nSPS) is 13.1. The molecule has 0 radical (unpaired) electrons. The summed E-state index contributed by atoms with van der Waals surface area (Å²) < 4.78 is 7.36. The molecule has 0 saturated heterocycles. The highest BCUT2D eigenvalue weighted by molar-refractivity contribution is 5.92. The summed E-state index contributed by atoms with van der Waals surface area (Å²) in [5, 5.41) is 9.07. The smallest absolute Gasteiger partial charge is 0.335 e. The second kappa shape index (κ2) is 5.63. The van der Waals surface area contributed by atoms with Gasteiger partial charge in [-0.3, -0.25) is 0 Å². The van der Waals surface area contributed by atoms with Crippen molar-refractivity contribution in [2.45, 2.75) is 32.7 Å². The number of aromatic nitrogens is 2. The number of imidazole rings is 1. The molecule has 0 amide bonds. The van der Waals surface area contributed by atoms with Crippen molar-refractivity contribution in [2.24, 2.45) is 0 Å². The van der Waals surface area contributed by atoms with Gasteiger partial charge in [-0.1, -0.05) is 13.8 Å². The van der Waals surface area contributed by atoms with Crippen molar-refractivity contribution >= 4 is 17.0 Å². The molecule has 0 aliphatic carbocycles. The number of rotatable bonds is 5. The Labute approximate surface area is 118 Å². The molecule has 0 saturated carbocycles. The van der Waals surface area contributed by atoms with Crippen molar-refractivity contribution in [3.05, 3.63) is 29.6 Å². The monoisotopic (exact) mass is 276 g/mol. The van der Waals surface area contributed by atoms with E-state index in [1.807, 2.05) is 6.07 Å². The summed E-state index contributed by atoms with van der Waals surface area (Å²) in [6.45, 7) is 6.82. The molecule has 108 valence electrons.